The van der Waals surface area contributed by atoms with Crippen LogP contribution in [0.15, 0.2) is 24.5 Å². The molecule has 124 valence electrons. The summed E-state index contributed by atoms with van der Waals surface area (Å²) in [5.74, 6) is 2.43. The van der Waals surface area contributed by atoms with Crippen LogP contribution in [0.2, 0.25) is 0 Å². The zero-order valence-corrected chi connectivity index (χ0v) is 14.7. The van der Waals surface area contributed by atoms with Crippen molar-refractivity contribution in [3.05, 3.63) is 35.1 Å². The Morgan fingerprint density at radius 1 is 1.29 bits per heavy atom. The second-order valence-electron chi connectivity index (χ2n) is 6.23. The molecule has 4 rings (SSSR count). The summed E-state index contributed by atoms with van der Waals surface area (Å²) in [4.78, 5) is 19.2. The minimum Gasteiger partial charge on any atom is -0.337 e. The molecular formula is C17H20N6S. The Kier molecular flexibility index (Phi) is 3.80. The smallest absolute Gasteiger partial charge is 0.203 e. The molecule has 1 saturated carbocycles. The maximum absolute atomic E-state index is 5.55. The molecule has 1 aliphatic rings. The van der Waals surface area contributed by atoms with E-state index in [1.165, 1.54) is 12.8 Å². The van der Waals surface area contributed by atoms with Gasteiger partial charge in [-0.3, -0.25) is 9.55 Å². The normalized spacial score (nSPS) is 14.2. The molecule has 3 aromatic rings. The first-order valence-corrected chi connectivity index (χ1v) is 8.74. The number of anilines is 2. The quantitative estimate of drug-likeness (QED) is 0.713. The van der Waals surface area contributed by atoms with E-state index in [2.05, 4.69) is 16.9 Å². The largest absolute Gasteiger partial charge is 0.337 e. The molecule has 24 heavy (non-hydrogen) atoms. The molecular weight excluding hydrogens is 320 g/mol. The summed E-state index contributed by atoms with van der Waals surface area (Å²) in [6.45, 7) is 2.97. The van der Waals surface area contributed by atoms with Crippen LogP contribution in [0.25, 0.3) is 11.2 Å². The van der Waals surface area contributed by atoms with Gasteiger partial charge in [0.05, 0.1) is 0 Å². The Morgan fingerprint density at radius 2 is 2.04 bits per heavy atom. The molecule has 0 amide bonds. The molecule has 1 N–H and O–H groups in total. The molecule has 0 saturated heterocycles. The molecule has 0 radical (unpaired) electrons. The summed E-state index contributed by atoms with van der Waals surface area (Å²) in [7, 11) is 1.99. The van der Waals surface area contributed by atoms with Gasteiger partial charge in [-0.15, -0.1) is 0 Å². The van der Waals surface area contributed by atoms with E-state index >= 15 is 0 Å². The summed E-state index contributed by atoms with van der Waals surface area (Å²) in [5, 5.41) is 0. The van der Waals surface area contributed by atoms with Crippen LogP contribution in [-0.4, -0.2) is 31.6 Å². The van der Waals surface area contributed by atoms with Crippen LogP contribution in [0.4, 0.5) is 11.5 Å². The highest BCUT2D eigenvalue weighted by Gasteiger charge is 2.28. The Balaban J connectivity index is 1.92. The minimum absolute atomic E-state index is 0.556. The fraction of sp³-hybridized carbons (Fsp3) is 0.412. The van der Waals surface area contributed by atoms with E-state index in [1.54, 1.807) is 12.4 Å². The number of imidazole rings is 1. The first-order valence-electron chi connectivity index (χ1n) is 8.33. The maximum atomic E-state index is 5.55. The van der Waals surface area contributed by atoms with Gasteiger partial charge < -0.3 is 9.88 Å². The highest BCUT2D eigenvalue weighted by Crippen LogP contribution is 2.40. The van der Waals surface area contributed by atoms with Gasteiger partial charge in [0, 0.05) is 37.6 Å². The summed E-state index contributed by atoms with van der Waals surface area (Å²) in [6, 6.07) is 3.92. The monoisotopic (exact) mass is 340 g/mol. The van der Waals surface area contributed by atoms with Crippen molar-refractivity contribution in [3.8, 4) is 0 Å². The SMILES string of the molecule is CCCn1c(=S)nc(N(C)c2ccncc2)c2[nH]c(C3CC3)nc21. The van der Waals surface area contributed by atoms with E-state index in [4.69, 9.17) is 22.2 Å². The predicted octanol–water partition coefficient (Wildman–Crippen LogP) is 3.94. The van der Waals surface area contributed by atoms with Crippen LogP contribution in [0, 0.1) is 4.77 Å². The van der Waals surface area contributed by atoms with Crippen LogP contribution in [0.5, 0.6) is 0 Å². The fourth-order valence-electron chi connectivity index (χ4n) is 2.94. The van der Waals surface area contributed by atoms with Crippen molar-refractivity contribution in [2.75, 3.05) is 11.9 Å². The Bertz CT molecular complexity index is 925. The Labute approximate surface area is 145 Å². The second kappa shape index (κ2) is 5.98. The van der Waals surface area contributed by atoms with Crippen molar-refractivity contribution in [2.45, 2.75) is 38.6 Å². The molecule has 0 aliphatic heterocycles. The van der Waals surface area contributed by atoms with Gasteiger partial charge >= 0.3 is 0 Å². The molecule has 0 spiro atoms. The van der Waals surface area contributed by atoms with Gasteiger partial charge in [0.1, 0.15) is 11.3 Å². The van der Waals surface area contributed by atoms with Gasteiger partial charge in [0.25, 0.3) is 0 Å². The lowest BCUT2D eigenvalue weighted by atomic mass is 10.3. The molecule has 0 bridgehead atoms. The van der Waals surface area contributed by atoms with Gasteiger partial charge in [-0.25, -0.2) is 4.98 Å². The summed E-state index contributed by atoms with van der Waals surface area (Å²) in [6.07, 6.45) is 6.96. The molecule has 1 fully saturated rings. The highest BCUT2D eigenvalue weighted by molar-refractivity contribution is 7.71. The third kappa shape index (κ3) is 2.58. The average Bonchev–Trinajstić information content (AvgIpc) is 3.36. The number of fused-ring (bicyclic) bond motifs is 1. The lowest BCUT2D eigenvalue weighted by Gasteiger charge is -2.19. The van der Waals surface area contributed by atoms with E-state index in [-0.39, 0.29) is 0 Å². The van der Waals surface area contributed by atoms with Crippen LogP contribution in [-0.2, 0) is 6.54 Å². The van der Waals surface area contributed by atoms with Gasteiger partial charge in [-0.05, 0) is 43.6 Å². The van der Waals surface area contributed by atoms with Crippen LogP contribution in [0.3, 0.4) is 0 Å². The number of pyridine rings is 1. The Hall–Kier alpha value is -2.28. The van der Waals surface area contributed by atoms with E-state index in [0.29, 0.717) is 10.7 Å². The summed E-state index contributed by atoms with van der Waals surface area (Å²) in [5.41, 5.74) is 2.89. The summed E-state index contributed by atoms with van der Waals surface area (Å²) < 4.78 is 2.62. The number of aromatic nitrogens is 5. The summed E-state index contributed by atoms with van der Waals surface area (Å²) >= 11 is 5.55. The number of nitrogens with one attached hydrogen (secondary N) is 1. The number of nitrogens with zero attached hydrogens (tertiary/aromatic N) is 5. The zero-order chi connectivity index (χ0) is 16.7. The molecule has 1 aliphatic carbocycles. The van der Waals surface area contributed by atoms with Crippen molar-refractivity contribution >= 4 is 34.9 Å². The maximum Gasteiger partial charge on any atom is 0.203 e. The van der Waals surface area contributed by atoms with Gasteiger partial charge in [0.2, 0.25) is 4.77 Å². The van der Waals surface area contributed by atoms with E-state index < -0.39 is 0 Å². The second-order valence-corrected chi connectivity index (χ2v) is 6.59. The van der Waals surface area contributed by atoms with Crippen molar-refractivity contribution in [1.29, 1.82) is 0 Å². The minimum atomic E-state index is 0.556. The number of hydrogen-bond donors (Lipinski definition) is 1. The third-order valence-electron chi connectivity index (χ3n) is 4.39. The van der Waals surface area contributed by atoms with Crippen molar-refractivity contribution in [3.63, 3.8) is 0 Å². The zero-order valence-electron chi connectivity index (χ0n) is 13.9. The van der Waals surface area contributed by atoms with Gasteiger partial charge in [0.15, 0.2) is 11.5 Å². The topological polar surface area (TPSA) is 62.6 Å². The standard InChI is InChI=1S/C17H20N6S/c1-3-10-23-16-13(19-14(20-16)11-4-5-11)15(21-17(23)24)22(2)12-6-8-18-9-7-12/h6-9,11H,3-5,10H2,1-2H3,(H,19,20). The predicted molar refractivity (Wildman–Crippen MR) is 97.3 cm³/mol. The van der Waals surface area contributed by atoms with Gasteiger partial charge in [-0.2, -0.15) is 4.98 Å². The lowest BCUT2D eigenvalue weighted by Crippen LogP contribution is -2.14. The molecule has 3 heterocycles. The number of hydrogen-bond acceptors (Lipinski definition) is 5. The lowest BCUT2D eigenvalue weighted by molar-refractivity contribution is 0.670. The van der Waals surface area contributed by atoms with Crippen LogP contribution in [0.1, 0.15) is 37.9 Å². The molecule has 0 aromatic carbocycles. The number of aryl methyl sites for hydroxylation is 1. The molecule has 6 nitrogen and oxygen atoms in total. The van der Waals surface area contributed by atoms with Crippen LogP contribution >= 0.6 is 12.2 Å². The molecule has 0 unspecified atom stereocenters. The number of H-pyrrole nitrogens is 1. The number of rotatable bonds is 5. The average molecular weight is 340 g/mol. The Morgan fingerprint density at radius 3 is 2.71 bits per heavy atom. The molecule has 7 heteroatoms. The van der Waals surface area contributed by atoms with Crippen molar-refractivity contribution in [2.24, 2.45) is 0 Å². The molecule has 3 aromatic heterocycles. The van der Waals surface area contributed by atoms with Gasteiger partial charge in [-0.1, -0.05) is 6.92 Å². The third-order valence-corrected chi connectivity index (χ3v) is 4.71. The first-order chi connectivity index (χ1) is 11.7. The fourth-order valence-corrected chi connectivity index (χ4v) is 3.20. The van der Waals surface area contributed by atoms with Crippen molar-refractivity contribution < 1.29 is 0 Å². The van der Waals surface area contributed by atoms with Crippen molar-refractivity contribution in [1.82, 2.24) is 24.5 Å². The first kappa shape index (κ1) is 15.3. The van der Waals surface area contributed by atoms with E-state index in [0.717, 1.165) is 41.5 Å². The highest BCUT2D eigenvalue weighted by atomic mass is 32.1. The van der Waals surface area contributed by atoms with E-state index in [1.807, 2.05) is 28.6 Å². The van der Waals surface area contributed by atoms with Crippen LogP contribution < -0.4 is 4.90 Å². The van der Waals surface area contributed by atoms with E-state index in [9.17, 15) is 0 Å². The number of aromatic amines is 1. The molecule has 0 atom stereocenters.